The van der Waals surface area contributed by atoms with Crippen LogP contribution in [0.3, 0.4) is 0 Å². The summed E-state index contributed by atoms with van der Waals surface area (Å²) in [5.74, 6) is 0.857. The molecule has 0 spiro atoms. The van der Waals surface area contributed by atoms with Crippen molar-refractivity contribution in [2.75, 3.05) is 7.11 Å². The molecule has 1 heterocycles. The molecule has 0 atom stereocenters. The van der Waals surface area contributed by atoms with Gasteiger partial charge in [-0.05, 0) is 61.7 Å². The highest BCUT2D eigenvalue weighted by molar-refractivity contribution is 7.07. The molecule has 134 valence electrons. The van der Waals surface area contributed by atoms with E-state index in [0.29, 0.717) is 6.54 Å². The van der Waals surface area contributed by atoms with Crippen LogP contribution in [0.15, 0.2) is 59.4 Å². The highest BCUT2D eigenvalue weighted by Crippen LogP contribution is 2.26. The van der Waals surface area contributed by atoms with Crippen LogP contribution in [0.4, 0.5) is 5.69 Å². The topological polar surface area (TPSA) is 26.5 Å². The quantitative estimate of drug-likeness (QED) is 0.544. The number of ether oxygens (including phenoxy) is 1. The summed E-state index contributed by atoms with van der Waals surface area (Å²) in [6.45, 7) is 11.0. The van der Waals surface area contributed by atoms with Crippen molar-refractivity contribution in [1.82, 2.24) is 4.57 Å². The molecule has 0 radical (unpaired) electrons. The Morgan fingerprint density at radius 1 is 1.12 bits per heavy atom. The van der Waals surface area contributed by atoms with E-state index in [-0.39, 0.29) is 0 Å². The summed E-state index contributed by atoms with van der Waals surface area (Å²) in [5, 5.41) is 2.16. The van der Waals surface area contributed by atoms with Crippen LogP contribution < -0.4 is 9.54 Å². The van der Waals surface area contributed by atoms with Gasteiger partial charge >= 0.3 is 0 Å². The predicted octanol–water partition coefficient (Wildman–Crippen LogP) is 5.57. The Morgan fingerprint density at radius 2 is 1.77 bits per heavy atom. The molecule has 0 unspecified atom stereocenters. The molecule has 3 rings (SSSR count). The first-order chi connectivity index (χ1) is 12.5. The number of hydrogen-bond acceptors (Lipinski definition) is 3. The van der Waals surface area contributed by atoms with Gasteiger partial charge in [-0.3, -0.25) is 0 Å². The molecular formula is C22H24N2OS. The maximum atomic E-state index is 5.26. The fraction of sp³-hybridized carbons (Fsp3) is 0.227. The highest BCUT2D eigenvalue weighted by Gasteiger charge is 2.09. The molecule has 0 N–H and O–H groups in total. The number of aryl methyl sites for hydroxylation is 3. The van der Waals surface area contributed by atoms with E-state index in [9.17, 15) is 0 Å². The lowest BCUT2D eigenvalue weighted by molar-refractivity contribution is 0.415. The number of nitrogens with zero attached hydrogens (tertiary/aromatic N) is 2. The van der Waals surface area contributed by atoms with E-state index in [1.807, 2.05) is 18.2 Å². The Kier molecular flexibility index (Phi) is 5.43. The Balaban J connectivity index is 2.14. The summed E-state index contributed by atoms with van der Waals surface area (Å²) in [7, 11) is 1.68. The average molecular weight is 365 g/mol. The number of allylic oxidation sites excluding steroid dienone is 1. The fourth-order valence-electron chi connectivity index (χ4n) is 3.16. The van der Waals surface area contributed by atoms with E-state index >= 15 is 0 Å². The van der Waals surface area contributed by atoms with Crippen molar-refractivity contribution in [1.29, 1.82) is 0 Å². The molecule has 0 amide bonds. The molecule has 0 aliphatic rings. The first-order valence-corrected chi connectivity index (χ1v) is 9.47. The molecule has 3 aromatic rings. The average Bonchev–Trinajstić information content (AvgIpc) is 3.01. The van der Waals surface area contributed by atoms with Crippen LogP contribution in [0, 0.1) is 20.8 Å². The van der Waals surface area contributed by atoms with Gasteiger partial charge < -0.3 is 9.30 Å². The lowest BCUT2D eigenvalue weighted by Gasteiger charge is -2.09. The summed E-state index contributed by atoms with van der Waals surface area (Å²) in [5.41, 5.74) is 7.00. The summed E-state index contributed by atoms with van der Waals surface area (Å²) in [4.78, 5) is 5.97. The molecule has 0 fully saturated rings. The van der Waals surface area contributed by atoms with E-state index in [0.717, 1.165) is 27.5 Å². The summed E-state index contributed by atoms with van der Waals surface area (Å²) >= 11 is 1.65. The smallest absolute Gasteiger partial charge is 0.190 e. The molecule has 0 aliphatic carbocycles. The SMILES string of the molecule is C=CCn1c(-c2ccc(OC)cc2)csc1=Nc1c(C)cc(C)cc1C. The molecular weight excluding hydrogens is 340 g/mol. The van der Waals surface area contributed by atoms with Crippen molar-refractivity contribution >= 4 is 17.0 Å². The maximum absolute atomic E-state index is 5.26. The van der Waals surface area contributed by atoms with Gasteiger partial charge in [-0.1, -0.05) is 23.8 Å². The number of aromatic nitrogens is 1. The Labute approximate surface area is 158 Å². The van der Waals surface area contributed by atoms with Crippen molar-refractivity contribution in [3.8, 4) is 17.0 Å². The predicted molar refractivity (Wildman–Crippen MR) is 110 cm³/mol. The molecule has 0 bridgehead atoms. The van der Waals surface area contributed by atoms with Gasteiger partial charge in [-0.2, -0.15) is 0 Å². The third-order valence-electron chi connectivity index (χ3n) is 4.34. The molecule has 2 aromatic carbocycles. The Morgan fingerprint density at radius 3 is 2.35 bits per heavy atom. The van der Waals surface area contributed by atoms with E-state index in [1.165, 1.54) is 16.7 Å². The molecule has 26 heavy (non-hydrogen) atoms. The van der Waals surface area contributed by atoms with Crippen molar-refractivity contribution in [3.63, 3.8) is 0 Å². The monoisotopic (exact) mass is 364 g/mol. The number of methoxy groups -OCH3 is 1. The maximum Gasteiger partial charge on any atom is 0.190 e. The number of benzene rings is 2. The second kappa shape index (κ2) is 7.75. The molecule has 0 aliphatic heterocycles. The van der Waals surface area contributed by atoms with Crippen molar-refractivity contribution in [2.24, 2.45) is 4.99 Å². The normalized spacial score (nSPS) is 11.6. The van der Waals surface area contributed by atoms with Gasteiger partial charge in [0.1, 0.15) is 5.75 Å². The minimum absolute atomic E-state index is 0.716. The van der Waals surface area contributed by atoms with Gasteiger partial charge in [-0.15, -0.1) is 17.9 Å². The molecule has 0 saturated carbocycles. The Hall–Kier alpha value is -2.59. The van der Waals surface area contributed by atoms with Crippen molar-refractivity contribution < 1.29 is 4.74 Å². The van der Waals surface area contributed by atoms with Crippen LogP contribution >= 0.6 is 11.3 Å². The lowest BCUT2D eigenvalue weighted by atomic mass is 10.1. The second-order valence-corrected chi connectivity index (χ2v) is 7.23. The van der Waals surface area contributed by atoms with E-state index in [4.69, 9.17) is 9.73 Å². The van der Waals surface area contributed by atoms with Crippen molar-refractivity contribution in [3.05, 3.63) is 75.9 Å². The van der Waals surface area contributed by atoms with Gasteiger partial charge in [0.2, 0.25) is 0 Å². The first kappa shape index (κ1) is 18.2. The third-order valence-corrected chi connectivity index (χ3v) is 5.20. The van der Waals surface area contributed by atoms with Crippen LogP contribution in [0.2, 0.25) is 0 Å². The number of hydrogen-bond donors (Lipinski definition) is 0. The van der Waals surface area contributed by atoms with Crippen molar-refractivity contribution in [2.45, 2.75) is 27.3 Å². The lowest BCUT2D eigenvalue weighted by Crippen LogP contribution is -2.15. The van der Waals surface area contributed by atoms with Crippen LogP contribution in [0.25, 0.3) is 11.3 Å². The number of thiazole rings is 1. The zero-order chi connectivity index (χ0) is 18.7. The van der Waals surface area contributed by atoms with E-state index in [1.54, 1.807) is 18.4 Å². The van der Waals surface area contributed by atoms with Gasteiger partial charge in [0.15, 0.2) is 4.80 Å². The van der Waals surface area contributed by atoms with E-state index < -0.39 is 0 Å². The first-order valence-electron chi connectivity index (χ1n) is 8.59. The summed E-state index contributed by atoms with van der Waals surface area (Å²) < 4.78 is 7.47. The van der Waals surface area contributed by atoms with Crippen LogP contribution in [-0.2, 0) is 6.54 Å². The standard InChI is InChI=1S/C22H24N2OS/c1-6-11-24-20(18-7-9-19(25-5)10-8-18)14-26-22(24)23-21-16(3)12-15(2)13-17(21)4/h6-10,12-14H,1,11H2,2-5H3. The largest absolute Gasteiger partial charge is 0.497 e. The summed E-state index contributed by atoms with van der Waals surface area (Å²) in [6.07, 6.45) is 1.91. The zero-order valence-electron chi connectivity index (χ0n) is 15.7. The molecule has 1 aromatic heterocycles. The second-order valence-electron chi connectivity index (χ2n) is 6.39. The van der Waals surface area contributed by atoms with Crippen LogP contribution in [0.5, 0.6) is 5.75 Å². The fourth-order valence-corrected chi connectivity index (χ4v) is 4.09. The van der Waals surface area contributed by atoms with Crippen LogP contribution in [0.1, 0.15) is 16.7 Å². The van der Waals surface area contributed by atoms with Gasteiger partial charge in [-0.25, -0.2) is 4.99 Å². The minimum Gasteiger partial charge on any atom is -0.497 e. The molecule has 3 nitrogen and oxygen atoms in total. The summed E-state index contributed by atoms with van der Waals surface area (Å²) in [6, 6.07) is 12.5. The van der Waals surface area contributed by atoms with Crippen LogP contribution in [-0.4, -0.2) is 11.7 Å². The molecule has 0 saturated heterocycles. The zero-order valence-corrected chi connectivity index (χ0v) is 16.6. The minimum atomic E-state index is 0.716. The van der Waals surface area contributed by atoms with Gasteiger partial charge in [0, 0.05) is 11.9 Å². The molecule has 4 heteroatoms. The third kappa shape index (κ3) is 3.65. The van der Waals surface area contributed by atoms with Gasteiger partial charge in [0.25, 0.3) is 0 Å². The van der Waals surface area contributed by atoms with E-state index in [2.05, 4.69) is 61.6 Å². The Bertz CT molecular complexity index is 971. The number of rotatable bonds is 5. The highest BCUT2D eigenvalue weighted by atomic mass is 32.1. The van der Waals surface area contributed by atoms with Gasteiger partial charge in [0.05, 0.1) is 18.5 Å².